The summed E-state index contributed by atoms with van der Waals surface area (Å²) in [6.45, 7) is 2.06. The topological polar surface area (TPSA) is 26.0 Å². The van der Waals surface area contributed by atoms with Crippen LogP contribution in [0.25, 0.3) is 0 Å². The average Bonchev–Trinajstić information content (AvgIpc) is 2.36. The van der Waals surface area contributed by atoms with Crippen molar-refractivity contribution >= 4 is 17.4 Å². The first kappa shape index (κ1) is 7.04. The second-order valence-electron chi connectivity index (χ2n) is 2.91. The molecular formula is C9H11NS. The Bertz CT molecular complexity index is 265. The smallest absolute Gasteiger partial charge is 0.0347 e. The minimum absolute atomic E-state index is 0.936. The summed E-state index contributed by atoms with van der Waals surface area (Å²) in [6.07, 6.45) is 1.18. The van der Waals surface area contributed by atoms with Crippen LogP contribution < -0.4 is 5.73 Å². The number of aryl methyl sites for hydroxylation is 2. The number of thioether (sulfide) groups is 1. The Morgan fingerprint density at radius 2 is 2.27 bits per heavy atom. The van der Waals surface area contributed by atoms with E-state index >= 15 is 0 Å². The van der Waals surface area contributed by atoms with Crippen molar-refractivity contribution < 1.29 is 0 Å². The summed E-state index contributed by atoms with van der Waals surface area (Å²) in [5.74, 6) is 1.22. The van der Waals surface area contributed by atoms with Crippen LogP contribution in [0, 0.1) is 6.92 Å². The first-order chi connectivity index (χ1) is 5.27. The quantitative estimate of drug-likeness (QED) is 0.596. The molecule has 1 aliphatic heterocycles. The molecule has 0 fully saturated rings. The Morgan fingerprint density at radius 3 is 3.09 bits per heavy atom. The molecule has 0 saturated heterocycles. The van der Waals surface area contributed by atoms with Gasteiger partial charge in [-0.1, -0.05) is 0 Å². The van der Waals surface area contributed by atoms with Crippen LogP contribution >= 0.6 is 11.8 Å². The van der Waals surface area contributed by atoms with Gasteiger partial charge in [-0.05, 0) is 36.6 Å². The van der Waals surface area contributed by atoms with Crippen molar-refractivity contribution in [3.63, 3.8) is 0 Å². The normalized spacial score (nSPS) is 15.0. The van der Waals surface area contributed by atoms with Gasteiger partial charge in [0.25, 0.3) is 0 Å². The Labute approximate surface area is 71.0 Å². The fourth-order valence-corrected chi connectivity index (χ4v) is 2.49. The van der Waals surface area contributed by atoms with Crippen LogP contribution in [-0.4, -0.2) is 5.75 Å². The number of hydrogen-bond donors (Lipinski definition) is 1. The third-order valence-corrected chi connectivity index (χ3v) is 3.18. The molecule has 2 rings (SSSR count). The summed E-state index contributed by atoms with van der Waals surface area (Å²) in [6, 6.07) is 4.31. The van der Waals surface area contributed by atoms with E-state index in [1.54, 1.807) is 0 Å². The summed E-state index contributed by atoms with van der Waals surface area (Å²) >= 11 is 1.94. The van der Waals surface area contributed by atoms with Gasteiger partial charge in [0.1, 0.15) is 0 Å². The van der Waals surface area contributed by atoms with Crippen LogP contribution in [0.4, 0.5) is 5.69 Å². The Kier molecular flexibility index (Phi) is 1.57. The van der Waals surface area contributed by atoms with Crippen molar-refractivity contribution in [1.82, 2.24) is 0 Å². The zero-order valence-corrected chi connectivity index (χ0v) is 7.37. The molecule has 58 valence electrons. The summed E-state index contributed by atoms with van der Waals surface area (Å²) in [5.41, 5.74) is 9.36. The third kappa shape index (κ3) is 1.11. The highest BCUT2D eigenvalue weighted by molar-refractivity contribution is 7.99. The van der Waals surface area contributed by atoms with Crippen LogP contribution in [0.5, 0.6) is 0 Å². The maximum atomic E-state index is 5.78. The van der Waals surface area contributed by atoms with Gasteiger partial charge in [0, 0.05) is 16.3 Å². The minimum Gasteiger partial charge on any atom is -0.399 e. The lowest BCUT2D eigenvalue weighted by molar-refractivity contribution is 1.14. The number of benzene rings is 1. The van der Waals surface area contributed by atoms with E-state index in [9.17, 15) is 0 Å². The molecule has 1 aliphatic rings. The van der Waals surface area contributed by atoms with Crippen LogP contribution in [0.2, 0.25) is 0 Å². The fourth-order valence-electron chi connectivity index (χ4n) is 1.35. The molecule has 0 aromatic heterocycles. The second-order valence-corrected chi connectivity index (χ2v) is 4.05. The van der Waals surface area contributed by atoms with Gasteiger partial charge in [-0.25, -0.2) is 0 Å². The first-order valence-electron chi connectivity index (χ1n) is 3.79. The molecule has 1 aromatic carbocycles. The van der Waals surface area contributed by atoms with E-state index in [0.29, 0.717) is 0 Å². The Balaban J connectivity index is 2.57. The van der Waals surface area contributed by atoms with Gasteiger partial charge in [-0.2, -0.15) is 0 Å². The van der Waals surface area contributed by atoms with Crippen LogP contribution in [0.3, 0.4) is 0 Å². The van der Waals surface area contributed by atoms with Crippen LogP contribution in [0.15, 0.2) is 17.0 Å². The maximum absolute atomic E-state index is 5.78. The monoisotopic (exact) mass is 165 g/mol. The highest BCUT2D eigenvalue weighted by atomic mass is 32.2. The first-order valence-corrected chi connectivity index (χ1v) is 4.78. The molecule has 2 heteroatoms. The molecular weight excluding hydrogens is 154 g/mol. The molecule has 1 heterocycles. The zero-order valence-electron chi connectivity index (χ0n) is 6.55. The summed E-state index contributed by atoms with van der Waals surface area (Å²) in [7, 11) is 0. The van der Waals surface area contributed by atoms with Gasteiger partial charge in [0.2, 0.25) is 0 Å². The maximum Gasteiger partial charge on any atom is 0.0347 e. The molecule has 0 radical (unpaired) electrons. The van der Waals surface area contributed by atoms with Gasteiger partial charge >= 0.3 is 0 Å². The highest BCUT2D eigenvalue weighted by Gasteiger charge is 2.11. The van der Waals surface area contributed by atoms with Crippen molar-refractivity contribution in [2.45, 2.75) is 18.2 Å². The predicted octanol–water partition coefficient (Wildman–Crippen LogP) is 2.23. The summed E-state index contributed by atoms with van der Waals surface area (Å²) < 4.78 is 0. The predicted molar refractivity (Wildman–Crippen MR) is 50.0 cm³/mol. The lowest BCUT2D eigenvalue weighted by atomic mass is 10.1. The molecule has 0 saturated carbocycles. The van der Waals surface area contributed by atoms with E-state index in [-0.39, 0.29) is 0 Å². The molecule has 0 aliphatic carbocycles. The van der Waals surface area contributed by atoms with Gasteiger partial charge < -0.3 is 5.73 Å². The van der Waals surface area contributed by atoms with E-state index in [2.05, 4.69) is 19.1 Å². The number of nitrogens with two attached hydrogens (primary N) is 1. The molecule has 2 N–H and O–H groups in total. The van der Waals surface area contributed by atoms with Crippen molar-refractivity contribution in [2.75, 3.05) is 11.5 Å². The van der Waals surface area contributed by atoms with E-state index in [0.717, 1.165) is 5.69 Å². The molecule has 0 amide bonds. The van der Waals surface area contributed by atoms with E-state index < -0.39 is 0 Å². The number of nitrogen functional groups attached to an aromatic ring is 1. The lowest BCUT2D eigenvalue weighted by Crippen LogP contribution is -1.91. The van der Waals surface area contributed by atoms with Gasteiger partial charge in [0.05, 0.1) is 0 Å². The van der Waals surface area contributed by atoms with Crippen LogP contribution in [0.1, 0.15) is 11.1 Å². The third-order valence-electron chi connectivity index (χ3n) is 2.08. The second kappa shape index (κ2) is 2.45. The largest absolute Gasteiger partial charge is 0.399 e. The van der Waals surface area contributed by atoms with Crippen molar-refractivity contribution in [2.24, 2.45) is 0 Å². The fraction of sp³-hybridized carbons (Fsp3) is 0.333. The highest BCUT2D eigenvalue weighted by Crippen LogP contribution is 2.33. The Morgan fingerprint density at radius 1 is 1.45 bits per heavy atom. The molecule has 1 nitrogen and oxygen atoms in total. The van der Waals surface area contributed by atoms with Gasteiger partial charge in [-0.3, -0.25) is 0 Å². The average molecular weight is 165 g/mol. The molecule has 11 heavy (non-hydrogen) atoms. The molecule has 1 aromatic rings. The van der Waals surface area contributed by atoms with E-state index in [4.69, 9.17) is 5.73 Å². The number of fused-ring (bicyclic) bond motifs is 1. The summed E-state index contributed by atoms with van der Waals surface area (Å²) in [4.78, 5) is 1.43. The van der Waals surface area contributed by atoms with E-state index in [1.165, 1.54) is 28.2 Å². The van der Waals surface area contributed by atoms with E-state index in [1.807, 2.05) is 11.8 Å². The van der Waals surface area contributed by atoms with Crippen molar-refractivity contribution in [3.8, 4) is 0 Å². The van der Waals surface area contributed by atoms with Crippen molar-refractivity contribution in [3.05, 3.63) is 23.3 Å². The van der Waals surface area contributed by atoms with Gasteiger partial charge in [0.15, 0.2) is 0 Å². The molecule has 0 bridgehead atoms. The standard InChI is InChI=1S/C9H11NS/c1-6-4-9-7(2-3-11-9)5-8(6)10/h4-5H,2-3,10H2,1H3. The van der Waals surface area contributed by atoms with Gasteiger partial charge in [-0.15, -0.1) is 11.8 Å². The van der Waals surface area contributed by atoms with Crippen LogP contribution in [-0.2, 0) is 6.42 Å². The number of anilines is 1. The Hall–Kier alpha value is -0.630. The number of hydrogen-bond acceptors (Lipinski definition) is 2. The SMILES string of the molecule is Cc1cc2c(cc1N)CCS2. The van der Waals surface area contributed by atoms with Crippen molar-refractivity contribution in [1.29, 1.82) is 0 Å². The molecule has 0 atom stereocenters. The lowest BCUT2D eigenvalue weighted by Gasteiger charge is -2.03. The molecule has 0 spiro atoms. The summed E-state index contributed by atoms with van der Waals surface area (Å²) in [5, 5.41) is 0. The molecule has 0 unspecified atom stereocenters. The minimum atomic E-state index is 0.936. The number of rotatable bonds is 0. The zero-order chi connectivity index (χ0) is 7.84.